The van der Waals surface area contributed by atoms with Crippen molar-refractivity contribution in [2.75, 3.05) is 18.5 Å². The van der Waals surface area contributed by atoms with Gasteiger partial charge in [-0.05, 0) is 6.92 Å². The third-order valence-electron chi connectivity index (χ3n) is 2.22. The number of nitrogens with one attached hydrogen (secondary N) is 1. The number of carbonyl (C=O) groups excluding carboxylic acids is 1. The van der Waals surface area contributed by atoms with Crippen molar-refractivity contribution in [3.8, 4) is 0 Å². The number of hydrogen-bond acceptors (Lipinski definition) is 5. The fourth-order valence-electron chi connectivity index (χ4n) is 1.12. The van der Waals surface area contributed by atoms with Crippen molar-refractivity contribution < 1.29 is 4.79 Å². The van der Waals surface area contributed by atoms with Gasteiger partial charge < -0.3 is 4.90 Å². The molecule has 0 saturated heterocycles. The lowest BCUT2D eigenvalue weighted by molar-refractivity contribution is -0.122. The van der Waals surface area contributed by atoms with Crippen LogP contribution in [0.3, 0.4) is 0 Å². The van der Waals surface area contributed by atoms with Crippen LogP contribution in [0.4, 0.5) is 5.69 Å². The Hall–Kier alpha value is -1.89. The molecule has 1 rings (SSSR count). The minimum Gasteiger partial charge on any atom is -0.373 e. The van der Waals surface area contributed by atoms with Crippen molar-refractivity contribution in [2.24, 2.45) is 5.84 Å². The summed E-state index contributed by atoms with van der Waals surface area (Å²) in [7, 11) is 1.85. The first-order valence-electron chi connectivity index (χ1n) is 4.86. The van der Waals surface area contributed by atoms with E-state index in [4.69, 9.17) is 5.84 Å². The van der Waals surface area contributed by atoms with Crippen molar-refractivity contribution >= 4 is 11.6 Å². The van der Waals surface area contributed by atoms with Crippen molar-refractivity contribution in [2.45, 2.75) is 13.5 Å². The third kappa shape index (κ3) is 2.80. The molecule has 1 amide bonds. The summed E-state index contributed by atoms with van der Waals surface area (Å²) in [5.41, 5.74) is 2.33. The Morgan fingerprint density at radius 2 is 2.38 bits per heavy atom. The summed E-state index contributed by atoms with van der Waals surface area (Å²) >= 11 is 0. The summed E-state index contributed by atoms with van der Waals surface area (Å²) in [5, 5.41) is 3.88. The molecule has 7 nitrogen and oxygen atoms in total. The molecule has 0 aliphatic carbocycles. The highest BCUT2D eigenvalue weighted by molar-refractivity contribution is 5.74. The molecule has 0 atom stereocenters. The Labute approximate surface area is 92.8 Å². The minimum atomic E-state index is -0.466. The first-order valence-corrected chi connectivity index (χ1v) is 4.86. The van der Waals surface area contributed by atoms with E-state index in [2.05, 4.69) is 5.10 Å². The molecule has 0 saturated carbocycles. The second-order valence-electron chi connectivity index (χ2n) is 3.29. The zero-order chi connectivity index (χ0) is 12.1. The Morgan fingerprint density at radius 3 is 2.88 bits per heavy atom. The van der Waals surface area contributed by atoms with Crippen LogP contribution in [0.5, 0.6) is 0 Å². The van der Waals surface area contributed by atoms with E-state index in [1.807, 2.05) is 24.3 Å². The lowest BCUT2D eigenvalue weighted by Crippen LogP contribution is -2.37. The smallest absolute Gasteiger partial charge is 0.269 e. The molecule has 0 spiro atoms. The monoisotopic (exact) mass is 225 g/mol. The second kappa shape index (κ2) is 5.26. The fourth-order valence-corrected chi connectivity index (χ4v) is 1.12. The van der Waals surface area contributed by atoms with E-state index < -0.39 is 5.91 Å². The fraction of sp³-hybridized carbons (Fsp3) is 0.444. The molecule has 0 radical (unpaired) electrons. The topological polar surface area (TPSA) is 93.2 Å². The van der Waals surface area contributed by atoms with Crippen LogP contribution in [0, 0.1) is 0 Å². The SMILES string of the molecule is CCN(C)c1cnn(CC(=O)NN)c(=O)c1. The first-order chi connectivity index (χ1) is 7.58. The maximum atomic E-state index is 11.6. The normalized spacial score (nSPS) is 9.94. The van der Waals surface area contributed by atoms with Crippen molar-refractivity contribution in [1.82, 2.24) is 15.2 Å². The van der Waals surface area contributed by atoms with Gasteiger partial charge >= 0.3 is 0 Å². The minimum absolute atomic E-state index is 0.175. The number of hydrogen-bond donors (Lipinski definition) is 2. The number of nitrogens with zero attached hydrogens (tertiary/aromatic N) is 3. The van der Waals surface area contributed by atoms with Crippen LogP contribution >= 0.6 is 0 Å². The molecule has 1 aromatic rings. The number of anilines is 1. The van der Waals surface area contributed by atoms with E-state index in [0.717, 1.165) is 16.9 Å². The predicted molar refractivity (Wildman–Crippen MR) is 59.8 cm³/mol. The van der Waals surface area contributed by atoms with E-state index >= 15 is 0 Å². The summed E-state index contributed by atoms with van der Waals surface area (Å²) in [6.07, 6.45) is 1.54. The molecule has 0 bridgehead atoms. The van der Waals surface area contributed by atoms with Crippen LogP contribution in [0.15, 0.2) is 17.1 Å². The largest absolute Gasteiger partial charge is 0.373 e. The van der Waals surface area contributed by atoms with Gasteiger partial charge in [-0.2, -0.15) is 5.10 Å². The van der Waals surface area contributed by atoms with Gasteiger partial charge in [0, 0.05) is 19.7 Å². The van der Waals surface area contributed by atoms with Gasteiger partial charge in [-0.3, -0.25) is 15.0 Å². The Bertz CT molecular complexity index is 428. The molecule has 0 aromatic carbocycles. The van der Waals surface area contributed by atoms with Gasteiger partial charge in [-0.1, -0.05) is 0 Å². The maximum Gasteiger partial charge on any atom is 0.269 e. The Balaban J connectivity index is 2.92. The van der Waals surface area contributed by atoms with E-state index in [9.17, 15) is 9.59 Å². The molecular formula is C9H15N5O2. The Kier molecular flexibility index (Phi) is 4.01. The molecule has 0 fully saturated rings. The van der Waals surface area contributed by atoms with Crippen molar-refractivity contribution in [1.29, 1.82) is 0 Å². The number of hydrazine groups is 1. The quantitative estimate of drug-likeness (QED) is 0.377. The van der Waals surface area contributed by atoms with Crippen LogP contribution in [0.2, 0.25) is 0 Å². The van der Waals surface area contributed by atoms with E-state index in [0.29, 0.717) is 0 Å². The van der Waals surface area contributed by atoms with Gasteiger partial charge in [0.1, 0.15) is 6.54 Å². The van der Waals surface area contributed by atoms with Gasteiger partial charge in [0.25, 0.3) is 11.5 Å². The molecular weight excluding hydrogens is 210 g/mol. The van der Waals surface area contributed by atoms with Crippen molar-refractivity contribution in [3.63, 3.8) is 0 Å². The number of amides is 1. The zero-order valence-corrected chi connectivity index (χ0v) is 9.30. The highest BCUT2D eigenvalue weighted by atomic mass is 16.2. The number of rotatable bonds is 4. The van der Waals surface area contributed by atoms with Gasteiger partial charge in [0.2, 0.25) is 0 Å². The zero-order valence-electron chi connectivity index (χ0n) is 9.30. The van der Waals surface area contributed by atoms with E-state index in [-0.39, 0.29) is 12.1 Å². The van der Waals surface area contributed by atoms with Gasteiger partial charge in [-0.25, -0.2) is 10.5 Å². The molecule has 16 heavy (non-hydrogen) atoms. The predicted octanol–water partition coefficient (Wildman–Crippen LogP) is -1.31. The average Bonchev–Trinajstić information content (AvgIpc) is 2.30. The number of carbonyl (C=O) groups is 1. The van der Waals surface area contributed by atoms with Gasteiger partial charge in [-0.15, -0.1) is 0 Å². The highest BCUT2D eigenvalue weighted by Crippen LogP contribution is 2.05. The van der Waals surface area contributed by atoms with Crippen LogP contribution in [0.25, 0.3) is 0 Å². The molecule has 0 aliphatic rings. The van der Waals surface area contributed by atoms with Crippen LogP contribution in [-0.2, 0) is 11.3 Å². The molecule has 88 valence electrons. The van der Waals surface area contributed by atoms with Crippen molar-refractivity contribution in [3.05, 3.63) is 22.6 Å². The summed E-state index contributed by atoms with van der Waals surface area (Å²) < 4.78 is 1.05. The Morgan fingerprint density at radius 1 is 1.69 bits per heavy atom. The summed E-state index contributed by atoms with van der Waals surface area (Å²) in [6.45, 7) is 2.56. The molecule has 0 unspecified atom stereocenters. The molecule has 1 aromatic heterocycles. The van der Waals surface area contributed by atoms with Gasteiger partial charge in [0.05, 0.1) is 11.9 Å². The summed E-state index contributed by atoms with van der Waals surface area (Å²) in [5.74, 6) is 4.45. The molecule has 7 heteroatoms. The number of aromatic nitrogens is 2. The third-order valence-corrected chi connectivity index (χ3v) is 2.22. The van der Waals surface area contributed by atoms with E-state index in [1.54, 1.807) is 0 Å². The van der Waals surface area contributed by atoms with Crippen LogP contribution in [-0.4, -0.2) is 29.3 Å². The van der Waals surface area contributed by atoms with E-state index in [1.165, 1.54) is 12.3 Å². The van der Waals surface area contributed by atoms with Crippen LogP contribution < -0.4 is 21.7 Å². The summed E-state index contributed by atoms with van der Waals surface area (Å²) in [4.78, 5) is 24.4. The highest BCUT2D eigenvalue weighted by Gasteiger charge is 2.06. The van der Waals surface area contributed by atoms with Gasteiger partial charge in [0.15, 0.2) is 0 Å². The molecule has 3 N–H and O–H groups in total. The number of nitrogens with two attached hydrogens (primary N) is 1. The second-order valence-corrected chi connectivity index (χ2v) is 3.29. The first kappa shape index (κ1) is 12.2. The molecule has 1 heterocycles. The van der Waals surface area contributed by atoms with Crippen LogP contribution in [0.1, 0.15) is 6.92 Å². The maximum absolute atomic E-state index is 11.6. The standard InChI is InChI=1S/C9H15N5O2/c1-3-13(2)7-4-9(16)14(11-5-7)6-8(15)12-10/h4-5H,3,6,10H2,1-2H3,(H,12,15). The molecule has 0 aliphatic heterocycles. The lowest BCUT2D eigenvalue weighted by Gasteiger charge is -2.16. The average molecular weight is 225 g/mol. The summed E-state index contributed by atoms with van der Waals surface area (Å²) in [6, 6.07) is 1.43. The lowest BCUT2D eigenvalue weighted by atomic mass is 10.4.